The van der Waals surface area contributed by atoms with Gasteiger partial charge in [0, 0.05) is 12.6 Å². The van der Waals surface area contributed by atoms with Gasteiger partial charge in [-0.1, -0.05) is 6.92 Å². The number of carbonyl (C=O) groups excluding carboxylic acids is 1. The van der Waals surface area contributed by atoms with Crippen molar-refractivity contribution in [3.63, 3.8) is 0 Å². The maximum atomic E-state index is 13.3. The molecule has 2 aromatic rings. The molecule has 0 spiro atoms. The van der Waals surface area contributed by atoms with Crippen LogP contribution in [0.2, 0.25) is 0 Å². The van der Waals surface area contributed by atoms with Gasteiger partial charge in [-0.05, 0) is 58.4 Å². The van der Waals surface area contributed by atoms with E-state index in [9.17, 15) is 14.4 Å². The van der Waals surface area contributed by atoms with E-state index < -0.39 is 11.7 Å². The van der Waals surface area contributed by atoms with Crippen molar-refractivity contribution in [1.82, 2.24) is 14.6 Å². The van der Waals surface area contributed by atoms with Gasteiger partial charge >= 0.3 is 11.8 Å². The summed E-state index contributed by atoms with van der Waals surface area (Å²) >= 11 is 1.32. The van der Waals surface area contributed by atoms with Crippen LogP contribution in [0.15, 0.2) is 14.7 Å². The lowest BCUT2D eigenvalue weighted by Gasteiger charge is -2.18. The van der Waals surface area contributed by atoms with Crippen LogP contribution < -0.4 is 16.7 Å². The average molecular weight is 463 g/mol. The molecule has 0 aromatic carbocycles. The molecule has 9 nitrogen and oxygen atoms in total. The summed E-state index contributed by atoms with van der Waals surface area (Å²) in [5.41, 5.74) is 1.93. The predicted molar refractivity (Wildman–Crippen MR) is 124 cm³/mol. The number of ether oxygens (including phenoxy) is 2. The van der Waals surface area contributed by atoms with Crippen LogP contribution in [0.5, 0.6) is 0 Å². The Balaban J connectivity index is 1.73. The highest BCUT2D eigenvalue weighted by Crippen LogP contribution is 2.41. The number of thiophene rings is 1. The average Bonchev–Trinajstić information content (AvgIpc) is 3.07. The Bertz CT molecular complexity index is 1180. The normalized spacial score (nSPS) is 23.2. The molecule has 2 aliphatic rings. The fourth-order valence-electron chi connectivity index (χ4n) is 4.06. The summed E-state index contributed by atoms with van der Waals surface area (Å²) in [6.45, 7) is 10.3. The quantitative estimate of drug-likeness (QED) is 0.543. The summed E-state index contributed by atoms with van der Waals surface area (Å²) in [6.07, 6.45) is 3.50. The van der Waals surface area contributed by atoms with E-state index in [0.717, 1.165) is 24.8 Å². The Labute approximate surface area is 190 Å². The first kappa shape index (κ1) is 22.7. The van der Waals surface area contributed by atoms with E-state index in [1.807, 2.05) is 13.8 Å². The molecule has 2 aromatic heterocycles. The number of fused-ring (bicyclic) bond motifs is 1. The Morgan fingerprint density at radius 3 is 2.69 bits per heavy atom. The minimum Gasteiger partial charge on any atom is -0.443 e. The van der Waals surface area contributed by atoms with E-state index in [1.54, 1.807) is 25.3 Å². The largest absolute Gasteiger partial charge is 0.443 e. The van der Waals surface area contributed by atoms with Gasteiger partial charge in [-0.2, -0.15) is 5.10 Å². The number of nitrogens with zero attached hydrogens (tertiary/aromatic N) is 3. The van der Waals surface area contributed by atoms with Crippen molar-refractivity contribution in [3.8, 4) is 0 Å². The zero-order valence-corrected chi connectivity index (χ0v) is 20.0. The molecule has 1 amide bonds. The van der Waals surface area contributed by atoms with Gasteiger partial charge in [0.2, 0.25) is 0 Å². The molecule has 1 saturated heterocycles. The lowest BCUT2D eigenvalue weighted by atomic mass is 10.2. The summed E-state index contributed by atoms with van der Waals surface area (Å²) < 4.78 is 14.1. The number of aryl methyl sites for hydroxylation is 1. The highest BCUT2D eigenvalue weighted by molar-refractivity contribution is 7.20. The van der Waals surface area contributed by atoms with Crippen molar-refractivity contribution in [2.45, 2.75) is 78.2 Å². The van der Waals surface area contributed by atoms with Crippen LogP contribution in [0.3, 0.4) is 0 Å². The molecule has 1 aliphatic carbocycles. The molecule has 1 saturated carbocycles. The summed E-state index contributed by atoms with van der Waals surface area (Å²) in [5.74, 6) is 0.312. The highest BCUT2D eigenvalue weighted by atomic mass is 32.1. The van der Waals surface area contributed by atoms with Gasteiger partial charge in [0.1, 0.15) is 10.4 Å². The first-order chi connectivity index (χ1) is 15.1. The number of nitrogens with one attached hydrogen (secondary N) is 1. The molecule has 4 rings (SSSR count). The van der Waals surface area contributed by atoms with Crippen LogP contribution in [0.4, 0.5) is 4.79 Å². The van der Waals surface area contributed by atoms with E-state index in [-0.39, 0.29) is 23.4 Å². The van der Waals surface area contributed by atoms with Crippen LogP contribution >= 0.6 is 11.3 Å². The van der Waals surface area contributed by atoms with Crippen molar-refractivity contribution >= 4 is 33.9 Å². The molecule has 0 bridgehead atoms. The van der Waals surface area contributed by atoms with Crippen molar-refractivity contribution < 1.29 is 14.3 Å². The molecule has 2 fully saturated rings. The van der Waals surface area contributed by atoms with Gasteiger partial charge in [-0.25, -0.2) is 15.0 Å². The predicted octanol–water partition coefficient (Wildman–Crippen LogP) is 3.15. The second-order valence-electron chi connectivity index (χ2n) is 9.63. The van der Waals surface area contributed by atoms with Crippen molar-refractivity contribution in [1.29, 1.82) is 0 Å². The monoisotopic (exact) mass is 462 g/mol. The zero-order valence-electron chi connectivity index (χ0n) is 19.1. The molecule has 3 atom stereocenters. The van der Waals surface area contributed by atoms with Gasteiger partial charge in [-0.15, -0.1) is 11.3 Å². The van der Waals surface area contributed by atoms with Gasteiger partial charge in [0.15, 0.2) is 0 Å². The van der Waals surface area contributed by atoms with Crippen molar-refractivity contribution in [2.24, 2.45) is 11.0 Å². The standard InChI is InChI=1S/C22H30N4O5S/c1-12-9-15(12)26-18(27)17-13(2)16(10-23-24-20(28)31-22(3,4)5)32-19(17)25(21(26)29)11-14-7-6-8-30-14/h10,12,14-15H,6-9,11H2,1-5H3,(H,24,28)/b23-10+/t12-,14+,15-/m0/s1. The van der Waals surface area contributed by atoms with Crippen LogP contribution in [-0.4, -0.2) is 39.8 Å². The summed E-state index contributed by atoms with van der Waals surface area (Å²) in [5, 5.41) is 4.52. The number of aromatic nitrogens is 2. The Morgan fingerprint density at radius 2 is 2.09 bits per heavy atom. The number of amides is 1. The molecule has 1 N–H and O–H groups in total. The minimum absolute atomic E-state index is 0.0353. The number of hydrazone groups is 1. The highest BCUT2D eigenvalue weighted by Gasteiger charge is 2.38. The maximum absolute atomic E-state index is 13.3. The third kappa shape index (κ3) is 4.52. The van der Waals surface area contributed by atoms with E-state index >= 15 is 0 Å². The Kier molecular flexibility index (Phi) is 6.02. The molecular formula is C22H30N4O5S. The van der Waals surface area contributed by atoms with Gasteiger partial charge < -0.3 is 9.47 Å². The Morgan fingerprint density at radius 1 is 1.38 bits per heavy atom. The third-order valence-electron chi connectivity index (χ3n) is 5.83. The molecule has 32 heavy (non-hydrogen) atoms. The van der Waals surface area contributed by atoms with E-state index in [2.05, 4.69) is 10.5 Å². The second-order valence-corrected chi connectivity index (χ2v) is 10.7. The van der Waals surface area contributed by atoms with Crippen LogP contribution in [0, 0.1) is 12.8 Å². The molecule has 174 valence electrons. The summed E-state index contributed by atoms with van der Waals surface area (Å²) in [4.78, 5) is 39.9. The molecule has 3 heterocycles. The number of rotatable bonds is 5. The summed E-state index contributed by atoms with van der Waals surface area (Å²) in [6, 6.07) is -0.0552. The maximum Gasteiger partial charge on any atom is 0.428 e. The molecular weight excluding hydrogens is 432 g/mol. The van der Waals surface area contributed by atoms with Crippen LogP contribution in [0.1, 0.15) is 63.4 Å². The lowest BCUT2D eigenvalue weighted by molar-refractivity contribution is 0.0529. The van der Waals surface area contributed by atoms with Gasteiger partial charge in [0.05, 0.1) is 29.1 Å². The zero-order chi connectivity index (χ0) is 23.2. The first-order valence-electron chi connectivity index (χ1n) is 11.0. The molecule has 1 aliphatic heterocycles. The van der Waals surface area contributed by atoms with Gasteiger partial charge in [-0.3, -0.25) is 13.9 Å². The molecule has 10 heteroatoms. The van der Waals surface area contributed by atoms with Crippen molar-refractivity contribution in [2.75, 3.05) is 6.61 Å². The lowest BCUT2D eigenvalue weighted by Crippen LogP contribution is -2.41. The van der Waals surface area contributed by atoms with E-state index in [0.29, 0.717) is 34.2 Å². The summed E-state index contributed by atoms with van der Waals surface area (Å²) in [7, 11) is 0. The van der Waals surface area contributed by atoms with Gasteiger partial charge in [0.25, 0.3) is 5.56 Å². The number of hydrogen-bond acceptors (Lipinski definition) is 7. The third-order valence-corrected chi connectivity index (χ3v) is 7.07. The number of hydrogen-bond donors (Lipinski definition) is 1. The minimum atomic E-state index is -0.659. The fraction of sp³-hybridized carbons (Fsp3) is 0.636. The fourth-order valence-corrected chi connectivity index (χ4v) is 5.23. The van der Waals surface area contributed by atoms with E-state index in [1.165, 1.54) is 22.1 Å². The van der Waals surface area contributed by atoms with Crippen LogP contribution in [0.25, 0.3) is 10.2 Å². The topological polar surface area (TPSA) is 104 Å². The SMILES string of the molecule is Cc1c(/C=N/NC(=O)OC(C)(C)C)sc2c1c(=O)n([C@H]1C[C@@H]1C)c(=O)n2C[C@H]1CCCO1. The first-order valence-corrected chi connectivity index (χ1v) is 11.8. The number of carbonyl (C=O) groups is 1. The van der Waals surface area contributed by atoms with E-state index in [4.69, 9.17) is 9.47 Å². The van der Waals surface area contributed by atoms with Crippen LogP contribution in [-0.2, 0) is 16.0 Å². The Hall–Kier alpha value is -2.46. The smallest absolute Gasteiger partial charge is 0.428 e. The molecule has 0 radical (unpaired) electrons. The van der Waals surface area contributed by atoms with Crippen molar-refractivity contribution in [3.05, 3.63) is 31.3 Å². The second kappa shape index (κ2) is 8.47. The molecule has 0 unspecified atom stereocenters.